The Kier molecular flexibility index (Phi) is 2.51. The maximum Gasteiger partial charge on any atom is 0.0328 e. The molecule has 0 aromatic carbocycles. The molecule has 70 valence electrons. The van der Waals surface area contributed by atoms with E-state index in [0.717, 1.165) is 19.3 Å². The molecule has 1 aliphatic rings. The maximum absolute atomic E-state index is 5.85. The lowest BCUT2D eigenvalue weighted by molar-refractivity contribution is 0.615. The molecular weight excluding hydrogens is 178 g/mol. The first-order valence-corrected chi connectivity index (χ1v) is 5.64. The highest BCUT2D eigenvalue weighted by Gasteiger charge is 2.13. The standard InChI is InChI=1S/C11H15NS/c1-8-6-7-13-11(8)9-2-4-10(12)5-3-9/h2,6-7,10H,3-5,12H2,1H3. The normalized spacial score (nSPS) is 22.9. The molecular formula is C11H15NS. The minimum atomic E-state index is 0.393. The molecule has 1 atom stereocenters. The molecule has 1 aliphatic carbocycles. The van der Waals surface area contributed by atoms with Crippen LogP contribution in [0.5, 0.6) is 0 Å². The molecule has 0 radical (unpaired) electrons. The fourth-order valence-electron chi connectivity index (χ4n) is 1.76. The van der Waals surface area contributed by atoms with Crippen LogP contribution in [0.15, 0.2) is 17.5 Å². The van der Waals surface area contributed by atoms with Crippen molar-refractivity contribution in [2.75, 3.05) is 0 Å². The molecule has 2 rings (SSSR count). The van der Waals surface area contributed by atoms with Crippen molar-refractivity contribution in [2.24, 2.45) is 5.73 Å². The SMILES string of the molecule is Cc1ccsc1C1=CCC(N)CC1. The van der Waals surface area contributed by atoms with Crippen molar-refractivity contribution in [2.45, 2.75) is 32.2 Å². The van der Waals surface area contributed by atoms with Crippen LogP contribution >= 0.6 is 11.3 Å². The second kappa shape index (κ2) is 3.64. The lowest BCUT2D eigenvalue weighted by Gasteiger charge is -2.17. The molecule has 13 heavy (non-hydrogen) atoms. The summed E-state index contributed by atoms with van der Waals surface area (Å²) in [5, 5.41) is 2.17. The number of aryl methyl sites for hydroxylation is 1. The average Bonchev–Trinajstić information content (AvgIpc) is 2.53. The van der Waals surface area contributed by atoms with E-state index in [0.29, 0.717) is 6.04 Å². The van der Waals surface area contributed by atoms with E-state index in [9.17, 15) is 0 Å². The molecule has 2 N–H and O–H groups in total. The predicted molar refractivity (Wildman–Crippen MR) is 58.9 cm³/mol. The third-order valence-corrected chi connectivity index (χ3v) is 3.70. The van der Waals surface area contributed by atoms with Crippen molar-refractivity contribution in [3.05, 3.63) is 28.0 Å². The van der Waals surface area contributed by atoms with Gasteiger partial charge in [-0.3, -0.25) is 0 Å². The Bertz CT molecular complexity index is 325. The number of thiophene rings is 1. The van der Waals surface area contributed by atoms with E-state index in [2.05, 4.69) is 24.4 Å². The molecule has 0 fully saturated rings. The second-order valence-electron chi connectivity index (χ2n) is 3.70. The van der Waals surface area contributed by atoms with Gasteiger partial charge in [-0.15, -0.1) is 11.3 Å². The fraction of sp³-hybridized carbons (Fsp3) is 0.455. The van der Waals surface area contributed by atoms with Gasteiger partial charge < -0.3 is 5.73 Å². The summed E-state index contributed by atoms with van der Waals surface area (Å²) in [6.45, 7) is 2.18. The van der Waals surface area contributed by atoms with Gasteiger partial charge in [-0.25, -0.2) is 0 Å². The monoisotopic (exact) mass is 193 g/mol. The first kappa shape index (κ1) is 8.97. The van der Waals surface area contributed by atoms with Gasteiger partial charge in [0, 0.05) is 10.9 Å². The summed E-state index contributed by atoms with van der Waals surface area (Å²) in [5.74, 6) is 0. The topological polar surface area (TPSA) is 26.0 Å². The molecule has 1 nitrogen and oxygen atoms in total. The Morgan fingerprint density at radius 3 is 2.92 bits per heavy atom. The van der Waals surface area contributed by atoms with Crippen LogP contribution in [-0.4, -0.2) is 6.04 Å². The van der Waals surface area contributed by atoms with E-state index in [1.807, 2.05) is 11.3 Å². The van der Waals surface area contributed by atoms with E-state index in [1.54, 1.807) is 0 Å². The van der Waals surface area contributed by atoms with Crippen LogP contribution in [0.3, 0.4) is 0 Å². The number of hydrogen-bond acceptors (Lipinski definition) is 2. The maximum atomic E-state index is 5.85. The lowest BCUT2D eigenvalue weighted by Crippen LogP contribution is -2.21. The number of nitrogens with two attached hydrogens (primary N) is 1. The first-order valence-electron chi connectivity index (χ1n) is 4.76. The Hall–Kier alpha value is -0.600. The van der Waals surface area contributed by atoms with Gasteiger partial charge in [0.15, 0.2) is 0 Å². The molecule has 1 aromatic heterocycles. The van der Waals surface area contributed by atoms with Crippen molar-refractivity contribution in [3.63, 3.8) is 0 Å². The Balaban J connectivity index is 2.23. The van der Waals surface area contributed by atoms with Crippen molar-refractivity contribution in [3.8, 4) is 0 Å². The molecule has 1 aromatic rings. The van der Waals surface area contributed by atoms with Crippen LogP contribution in [0.25, 0.3) is 5.57 Å². The smallest absolute Gasteiger partial charge is 0.0328 e. The van der Waals surface area contributed by atoms with Gasteiger partial charge in [0.2, 0.25) is 0 Å². The highest BCUT2D eigenvalue weighted by Crippen LogP contribution is 2.31. The summed E-state index contributed by atoms with van der Waals surface area (Å²) >= 11 is 1.85. The molecule has 0 spiro atoms. The molecule has 1 heterocycles. The average molecular weight is 193 g/mol. The number of rotatable bonds is 1. The number of allylic oxidation sites excluding steroid dienone is 1. The van der Waals surface area contributed by atoms with E-state index in [4.69, 9.17) is 5.73 Å². The second-order valence-corrected chi connectivity index (χ2v) is 4.61. The third-order valence-electron chi connectivity index (χ3n) is 2.61. The van der Waals surface area contributed by atoms with Crippen LogP contribution in [-0.2, 0) is 0 Å². The first-order chi connectivity index (χ1) is 6.27. The Morgan fingerprint density at radius 2 is 2.38 bits per heavy atom. The highest BCUT2D eigenvalue weighted by molar-refractivity contribution is 7.11. The minimum absolute atomic E-state index is 0.393. The lowest BCUT2D eigenvalue weighted by atomic mass is 9.94. The summed E-state index contributed by atoms with van der Waals surface area (Å²) in [6.07, 6.45) is 5.66. The molecule has 0 amide bonds. The summed E-state index contributed by atoms with van der Waals surface area (Å²) in [6, 6.07) is 2.58. The zero-order valence-electron chi connectivity index (χ0n) is 7.92. The van der Waals surface area contributed by atoms with Gasteiger partial charge in [-0.05, 0) is 48.8 Å². The van der Waals surface area contributed by atoms with Gasteiger partial charge >= 0.3 is 0 Å². The van der Waals surface area contributed by atoms with Crippen LogP contribution in [0.2, 0.25) is 0 Å². The Morgan fingerprint density at radius 1 is 1.54 bits per heavy atom. The van der Waals surface area contributed by atoms with Gasteiger partial charge in [-0.2, -0.15) is 0 Å². The van der Waals surface area contributed by atoms with Gasteiger partial charge in [0.05, 0.1) is 0 Å². The quantitative estimate of drug-likeness (QED) is 0.729. The predicted octanol–water partition coefficient (Wildman–Crippen LogP) is 2.95. The Labute approximate surface area is 83.3 Å². The highest BCUT2D eigenvalue weighted by atomic mass is 32.1. The largest absolute Gasteiger partial charge is 0.327 e. The van der Waals surface area contributed by atoms with E-state index in [-0.39, 0.29) is 0 Å². The number of hydrogen-bond donors (Lipinski definition) is 1. The molecule has 2 heteroatoms. The van der Waals surface area contributed by atoms with Crippen LogP contribution in [0.1, 0.15) is 29.7 Å². The van der Waals surface area contributed by atoms with Crippen molar-refractivity contribution in [1.82, 2.24) is 0 Å². The van der Waals surface area contributed by atoms with Gasteiger partial charge in [0.25, 0.3) is 0 Å². The van der Waals surface area contributed by atoms with E-state index in [1.165, 1.54) is 16.0 Å². The van der Waals surface area contributed by atoms with Crippen LogP contribution in [0.4, 0.5) is 0 Å². The molecule has 0 aliphatic heterocycles. The van der Waals surface area contributed by atoms with E-state index >= 15 is 0 Å². The van der Waals surface area contributed by atoms with Crippen molar-refractivity contribution in [1.29, 1.82) is 0 Å². The van der Waals surface area contributed by atoms with Crippen LogP contribution < -0.4 is 5.73 Å². The zero-order chi connectivity index (χ0) is 9.26. The fourth-order valence-corrected chi connectivity index (χ4v) is 2.76. The minimum Gasteiger partial charge on any atom is -0.327 e. The van der Waals surface area contributed by atoms with Crippen molar-refractivity contribution < 1.29 is 0 Å². The molecule has 0 saturated heterocycles. The summed E-state index contributed by atoms with van der Waals surface area (Å²) in [5.41, 5.74) is 8.76. The zero-order valence-corrected chi connectivity index (χ0v) is 8.73. The van der Waals surface area contributed by atoms with Gasteiger partial charge in [0.1, 0.15) is 0 Å². The molecule has 0 saturated carbocycles. The molecule has 0 bridgehead atoms. The summed E-state index contributed by atoms with van der Waals surface area (Å²) in [4.78, 5) is 1.46. The van der Waals surface area contributed by atoms with E-state index < -0.39 is 0 Å². The third kappa shape index (κ3) is 1.84. The summed E-state index contributed by atoms with van der Waals surface area (Å²) < 4.78 is 0. The van der Waals surface area contributed by atoms with Crippen molar-refractivity contribution >= 4 is 16.9 Å². The summed E-state index contributed by atoms with van der Waals surface area (Å²) in [7, 11) is 0. The van der Waals surface area contributed by atoms with Crippen LogP contribution in [0, 0.1) is 6.92 Å². The molecule has 1 unspecified atom stereocenters. The van der Waals surface area contributed by atoms with Gasteiger partial charge in [-0.1, -0.05) is 6.08 Å².